The first-order valence-corrected chi connectivity index (χ1v) is 6.93. The van der Waals surface area contributed by atoms with Gasteiger partial charge >= 0.3 is 0 Å². The monoisotopic (exact) mass is 278 g/mol. The predicted molar refractivity (Wildman–Crippen MR) is 76.8 cm³/mol. The molecule has 0 aliphatic carbocycles. The smallest absolute Gasteiger partial charge is 0.222 e. The van der Waals surface area contributed by atoms with Crippen LogP contribution in [0.3, 0.4) is 0 Å². The normalized spacial score (nSPS) is 20.2. The predicted octanol–water partition coefficient (Wildman–Crippen LogP) is 1.25. The van der Waals surface area contributed by atoms with Crippen LogP contribution in [0.5, 0.6) is 5.75 Å². The van der Waals surface area contributed by atoms with Gasteiger partial charge in [0.2, 0.25) is 5.91 Å². The number of carbonyl (C=O) groups excluding carboxylic acids is 1. The van der Waals surface area contributed by atoms with Crippen molar-refractivity contribution in [2.24, 2.45) is 0 Å². The van der Waals surface area contributed by atoms with Gasteiger partial charge in [-0.1, -0.05) is 12.1 Å². The van der Waals surface area contributed by atoms with E-state index in [1.807, 2.05) is 31.2 Å². The van der Waals surface area contributed by atoms with E-state index >= 15 is 0 Å². The lowest BCUT2D eigenvalue weighted by molar-refractivity contribution is -0.122. The minimum absolute atomic E-state index is 0.0309. The lowest BCUT2D eigenvalue weighted by Gasteiger charge is -2.24. The van der Waals surface area contributed by atoms with Crippen LogP contribution in [0, 0.1) is 0 Å². The maximum atomic E-state index is 12.0. The van der Waals surface area contributed by atoms with Gasteiger partial charge < -0.3 is 20.1 Å². The molecule has 110 valence electrons. The standard InChI is InChI=1S/C15H22N2O3/c1-11(12-4-3-5-14(8-12)19-2)17-15(18)9-13-10-20-7-6-16-13/h3-5,8,11,13,16H,6-7,9-10H2,1-2H3,(H,17,18)/t11-,13?/m0/s1. The zero-order chi connectivity index (χ0) is 14.4. The fourth-order valence-corrected chi connectivity index (χ4v) is 2.27. The van der Waals surface area contributed by atoms with Crippen molar-refractivity contribution in [3.05, 3.63) is 29.8 Å². The molecule has 0 radical (unpaired) electrons. The van der Waals surface area contributed by atoms with E-state index in [0.29, 0.717) is 13.0 Å². The molecular formula is C15H22N2O3. The molecule has 1 aromatic carbocycles. The third-order valence-electron chi connectivity index (χ3n) is 3.40. The van der Waals surface area contributed by atoms with Crippen LogP contribution in [0.4, 0.5) is 0 Å². The highest BCUT2D eigenvalue weighted by Gasteiger charge is 2.18. The molecule has 1 saturated heterocycles. The molecule has 0 saturated carbocycles. The molecule has 1 aliphatic heterocycles. The van der Waals surface area contributed by atoms with Crippen LogP contribution >= 0.6 is 0 Å². The van der Waals surface area contributed by atoms with Crippen LogP contribution < -0.4 is 15.4 Å². The number of carbonyl (C=O) groups is 1. The first kappa shape index (κ1) is 14.8. The average molecular weight is 278 g/mol. The molecule has 1 amide bonds. The summed E-state index contributed by atoms with van der Waals surface area (Å²) in [5, 5.41) is 6.28. The Morgan fingerprint density at radius 3 is 3.15 bits per heavy atom. The Balaban J connectivity index is 1.86. The molecule has 2 atom stereocenters. The van der Waals surface area contributed by atoms with E-state index in [4.69, 9.17) is 9.47 Å². The summed E-state index contributed by atoms with van der Waals surface area (Å²) in [6.45, 7) is 4.10. The first-order chi connectivity index (χ1) is 9.69. The van der Waals surface area contributed by atoms with Gasteiger partial charge in [-0.05, 0) is 24.6 Å². The van der Waals surface area contributed by atoms with Gasteiger partial charge in [-0.2, -0.15) is 0 Å². The number of benzene rings is 1. The lowest BCUT2D eigenvalue weighted by atomic mass is 10.1. The summed E-state index contributed by atoms with van der Waals surface area (Å²) in [7, 11) is 1.64. The number of nitrogens with one attached hydrogen (secondary N) is 2. The van der Waals surface area contributed by atoms with Gasteiger partial charge in [-0.15, -0.1) is 0 Å². The van der Waals surface area contributed by atoms with Gasteiger partial charge in [-0.25, -0.2) is 0 Å². The number of morpholine rings is 1. The van der Waals surface area contributed by atoms with Gasteiger partial charge in [0.15, 0.2) is 0 Å². The van der Waals surface area contributed by atoms with E-state index in [0.717, 1.165) is 24.5 Å². The Labute approximate surface area is 119 Å². The van der Waals surface area contributed by atoms with E-state index < -0.39 is 0 Å². The van der Waals surface area contributed by atoms with E-state index in [2.05, 4.69) is 10.6 Å². The molecular weight excluding hydrogens is 256 g/mol. The summed E-state index contributed by atoms with van der Waals surface area (Å²) in [6, 6.07) is 7.81. The second-order valence-electron chi connectivity index (χ2n) is 5.00. The van der Waals surface area contributed by atoms with Crippen molar-refractivity contribution in [3.8, 4) is 5.75 Å². The molecule has 5 nitrogen and oxygen atoms in total. The summed E-state index contributed by atoms with van der Waals surface area (Å²) in [4.78, 5) is 12.0. The van der Waals surface area contributed by atoms with Crippen LogP contribution in [0.15, 0.2) is 24.3 Å². The van der Waals surface area contributed by atoms with Crippen molar-refractivity contribution in [2.45, 2.75) is 25.4 Å². The van der Waals surface area contributed by atoms with E-state index in [-0.39, 0.29) is 18.0 Å². The number of rotatable bonds is 5. The molecule has 0 bridgehead atoms. The van der Waals surface area contributed by atoms with Gasteiger partial charge in [0, 0.05) is 19.0 Å². The molecule has 0 spiro atoms. The molecule has 5 heteroatoms. The molecule has 1 heterocycles. The minimum atomic E-state index is -0.0397. The van der Waals surface area contributed by atoms with Crippen LogP contribution in [0.1, 0.15) is 24.9 Å². The van der Waals surface area contributed by atoms with Crippen LogP contribution in [-0.2, 0) is 9.53 Å². The SMILES string of the molecule is COc1cccc([C@H](C)NC(=O)CC2COCCN2)c1. The van der Waals surface area contributed by atoms with Crippen molar-refractivity contribution in [1.29, 1.82) is 0 Å². The third-order valence-corrected chi connectivity index (χ3v) is 3.40. The van der Waals surface area contributed by atoms with Crippen LogP contribution in [0.25, 0.3) is 0 Å². The summed E-state index contributed by atoms with van der Waals surface area (Å²) >= 11 is 0. The van der Waals surface area contributed by atoms with Crippen LogP contribution in [0.2, 0.25) is 0 Å². The highest BCUT2D eigenvalue weighted by molar-refractivity contribution is 5.77. The van der Waals surface area contributed by atoms with Gasteiger partial charge in [0.05, 0.1) is 26.4 Å². The first-order valence-electron chi connectivity index (χ1n) is 6.93. The van der Waals surface area contributed by atoms with Gasteiger partial charge in [-0.3, -0.25) is 4.79 Å². The molecule has 1 fully saturated rings. The molecule has 1 aliphatic rings. The molecule has 1 aromatic rings. The molecule has 2 rings (SSSR count). The molecule has 0 aromatic heterocycles. The van der Waals surface area contributed by atoms with Crippen molar-refractivity contribution in [1.82, 2.24) is 10.6 Å². The number of hydrogen-bond donors (Lipinski definition) is 2. The van der Waals surface area contributed by atoms with Gasteiger partial charge in [0.1, 0.15) is 5.75 Å². The van der Waals surface area contributed by atoms with E-state index in [1.165, 1.54) is 0 Å². The Hall–Kier alpha value is -1.59. The number of methoxy groups -OCH3 is 1. The fourth-order valence-electron chi connectivity index (χ4n) is 2.27. The molecule has 20 heavy (non-hydrogen) atoms. The summed E-state index contributed by atoms with van der Waals surface area (Å²) < 4.78 is 10.5. The molecule has 2 N–H and O–H groups in total. The minimum Gasteiger partial charge on any atom is -0.497 e. The largest absolute Gasteiger partial charge is 0.497 e. The van der Waals surface area contributed by atoms with Crippen LogP contribution in [-0.4, -0.2) is 38.8 Å². The third kappa shape index (κ3) is 4.21. The average Bonchev–Trinajstić information content (AvgIpc) is 2.48. The van der Waals surface area contributed by atoms with E-state index in [9.17, 15) is 4.79 Å². The summed E-state index contributed by atoms with van der Waals surface area (Å²) in [5.41, 5.74) is 1.03. The van der Waals surface area contributed by atoms with E-state index in [1.54, 1.807) is 7.11 Å². The number of hydrogen-bond acceptors (Lipinski definition) is 4. The Morgan fingerprint density at radius 2 is 2.45 bits per heavy atom. The fraction of sp³-hybridized carbons (Fsp3) is 0.533. The highest BCUT2D eigenvalue weighted by atomic mass is 16.5. The maximum Gasteiger partial charge on any atom is 0.222 e. The molecule has 1 unspecified atom stereocenters. The maximum absolute atomic E-state index is 12.0. The topological polar surface area (TPSA) is 59.6 Å². The number of amides is 1. The Morgan fingerprint density at radius 1 is 1.60 bits per heavy atom. The van der Waals surface area contributed by atoms with Gasteiger partial charge in [0.25, 0.3) is 0 Å². The lowest BCUT2D eigenvalue weighted by Crippen LogP contribution is -2.44. The quantitative estimate of drug-likeness (QED) is 0.851. The Bertz CT molecular complexity index is 444. The second-order valence-corrected chi connectivity index (χ2v) is 5.00. The summed E-state index contributed by atoms with van der Waals surface area (Å²) in [6.07, 6.45) is 0.439. The van der Waals surface area contributed by atoms with Crippen molar-refractivity contribution < 1.29 is 14.3 Å². The zero-order valence-corrected chi connectivity index (χ0v) is 12.0. The van der Waals surface area contributed by atoms with Crippen molar-refractivity contribution in [2.75, 3.05) is 26.9 Å². The van der Waals surface area contributed by atoms with Crippen molar-refractivity contribution in [3.63, 3.8) is 0 Å². The number of ether oxygens (including phenoxy) is 2. The zero-order valence-electron chi connectivity index (χ0n) is 12.0. The summed E-state index contributed by atoms with van der Waals surface area (Å²) in [5.74, 6) is 0.828. The second kappa shape index (κ2) is 7.26. The highest BCUT2D eigenvalue weighted by Crippen LogP contribution is 2.18. The van der Waals surface area contributed by atoms with Crippen molar-refractivity contribution >= 4 is 5.91 Å². The Kier molecular flexibility index (Phi) is 5.38.